The molecule has 0 aliphatic carbocycles. The van der Waals surface area contributed by atoms with Crippen LogP contribution in [0.15, 0.2) is 0 Å². The van der Waals surface area contributed by atoms with Gasteiger partial charge in [-0.2, -0.15) is 0 Å². The van der Waals surface area contributed by atoms with E-state index in [-0.39, 0.29) is 0 Å². The van der Waals surface area contributed by atoms with E-state index in [0.717, 1.165) is 26.3 Å². The van der Waals surface area contributed by atoms with Crippen LogP contribution in [0.5, 0.6) is 0 Å². The highest BCUT2D eigenvalue weighted by molar-refractivity contribution is 4.55. The summed E-state index contributed by atoms with van der Waals surface area (Å²) in [6.45, 7) is 7.93. The predicted octanol–water partition coefficient (Wildman–Crippen LogP) is 0.906. The smallest absolute Gasteiger partial charge is 0.102 e. The first-order valence-electron chi connectivity index (χ1n) is 6.24. The maximum Gasteiger partial charge on any atom is 0.102 e. The van der Waals surface area contributed by atoms with E-state index in [4.69, 9.17) is 14.2 Å². The van der Waals surface area contributed by atoms with E-state index in [9.17, 15) is 0 Å². The second-order valence-electron chi connectivity index (χ2n) is 4.54. The van der Waals surface area contributed by atoms with Crippen molar-refractivity contribution in [3.8, 4) is 0 Å². The van der Waals surface area contributed by atoms with Gasteiger partial charge in [0, 0.05) is 27.1 Å². The minimum absolute atomic E-state index is 0.693. The molecule has 4 nitrogen and oxygen atoms in total. The summed E-state index contributed by atoms with van der Waals surface area (Å²) in [5.41, 5.74) is 0. The van der Waals surface area contributed by atoms with Gasteiger partial charge in [0.25, 0.3) is 0 Å². The lowest BCUT2D eigenvalue weighted by atomic mass is 10.4. The molecule has 0 spiro atoms. The summed E-state index contributed by atoms with van der Waals surface area (Å²) in [6, 6.07) is 0. The van der Waals surface area contributed by atoms with E-state index < -0.39 is 0 Å². The summed E-state index contributed by atoms with van der Waals surface area (Å²) in [6.07, 6.45) is 2.70. The van der Waals surface area contributed by atoms with Crippen LogP contribution in [-0.4, -0.2) is 71.3 Å². The Morgan fingerprint density at radius 3 is 2.06 bits per heavy atom. The molecule has 16 heavy (non-hydrogen) atoms. The van der Waals surface area contributed by atoms with Gasteiger partial charge >= 0.3 is 0 Å². The van der Waals surface area contributed by atoms with Crippen molar-refractivity contribution in [2.45, 2.75) is 12.8 Å². The molecule has 4 heteroatoms. The van der Waals surface area contributed by atoms with Crippen molar-refractivity contribution in [3.63, 3.8) is 0 Å². The van der Waals surface area contributed by atoms with Crippen LogP contribution in [0.2, 0.25) is 0 Å². The van der Waals surface area contributed by atoms with Crippen LogP contribution in [0.25, 0.3) is 0 Å². The van der Waals surface area contributed by atoms with Gasteiger partial charge in [-0.25, -0.2) is 0 Å². The molecule has 0 bridgehead atoms. The number of methoxy groups -OCH3 is 2. The maximum absolute atomic E-state index is 5.56. The highest BCUT2D eigenvalue weighted by Crippen LogP contribution is 2.18. The SMILES string of the molecule is COCCOCC[N+]1(CCOC)CCCC1. The van der Waals surface area contributed by atoms with Gasteiger partial charge in [0.2, 0.25) is 0 Å². The van der Waals surface area contributed by atoms with Gasteiger partial charge in [0.1, 0.15) is 13.1 Å². The first-order valence-corrected chi connectivity index (χ1v) is 6.24. The van der Waals surface area contributed by atoms with Gasteiger partial charge in [-0.3, -0.25) is 0 Å². The van der Waals surface area contributed by atoms with Crippen molar-refractivity contribution in [2.24, 2.45) is 0 Å². The van der Waals surface area contributed by atoms with Crippen LogP contribution in [0.1, 0.15) is 12.8 Å². The third kappa shape index (κ3) is 4.78. The van der Waals surface area contributed by atoms with Crippen LogP contribution in [0, 0.1) is 0 Å². The van der Waals surface area contributed by atoms with Crippen molar-refractivity contribution in [1.82, 2.24) is 0 Å². The van der Waals surface area contributed by atoms with Crippen LogP contribution >= 0.6 is 0 Å². The molecule has 1 saturated heterocycles. The van der Waals surface area contributed by atoms with Crippen LogP contribution in [0.3, 0.4) is 0 Å². The monoisotopic (exact) mass is 232 g/mol. The molecule has 1 heterocycles. The summed E-state index contributed by atoms with van der Waals surface area (Å²) < 4.78 is 16.9. The van der Waals surface area contributed by atoms with Gasteiger partial charge in [0.15, 0.2) is 0 Å². The summed E-state index contributed by atoms with van der Waals surface area (Å²) in [5.74, 6) is 0. The molecular formula is C12H26NO3+. The molecule has 0 saturated carbocycles. The zero-order valence-corrected chi connectivity index (χ0v) is 10.7. The van der Waals surface area contributed by atoms with Crippen molar-refractivity contribution in [1.29, 1.82) is 0 Å². The molecule has 0 radical (unpaired) electrons. The summed E-state index contributed by atoms with van der Waals surface area (Å²) in [4.78, 5) is 0. The van der Waals surface area contributed by atoms with Gasteiger partial charge in [-0.1, -0.05) is 0 Å². The Balaban J connectivity index is 2.17. The van der Waals surface area contributed by atoms with E-state index >= 15 is 0 Å². The highest BCUT2D eigenvalue weighted by atomic mass is 16.5. The molecule has 0 amide bonds. The first-order chi connectivity index (χ1) is 7.83. The third-order valence-electron chi connectivity index (χ3n) is 3.43. The standard InChI is InChI=1S/C12H26NO3/c1-14-9-7-13(5-3-4-6-13)8-10-16-12-11-15-2/h3-12H2,1-2H3/q+1. The second kappa shape index (κ2) is 8.01. The van der Waals surface area contributed by atoms with Crippen LogP contribution in [-0.2, 0) is 14.2 Å². The normalized spacial score (nSPS) is 19.1. The number of hydrogen-bond acceptors (Lipinski definition) is 3. The molecule has 0 N–H and O–H groups in total. The number of hydrogen-bond donors (Lipinski definition) is 0. The molecule has 0 unspecified atom stereocenters. The van der Waals surface area contributed by atoms with Crippen molar-refractivity contribution in [3.05, 3.63) is 0 Å². The average molecular weight is 232 g/mol. The van der Waals surface area contributed by atoms with Crippen molar-refractivity contribution in [2.75, 3.05) is 66.8 Å². The van der Waals surface area contributed by atoms with Crippen LogP contribution < -0.4 is 0 Å². The molecular weight excluding hydrogens is 206 g/mol. The van der Waals surface area contributed by atoms with Gasteiger partial charge in [-0.05, 0) is 0 Å². The highest BCUT2D eigenvalue weighted by Gasteiger charge is 2.30. The van der Waals surface area contributed by atoms with E-state index in [1.807, 2.05) is 0 Å². The zero-order valence-electron chi connectivity index (χ0n) is 10.7. The molecule has 0 atom stereocenters. The molecule has 0 aromatic carbocycles. The number of quaternary nitrogens is 1. The lowest BCUT2D eigenvalue weighted by molar-refractivity contribution is -0.917. The fourth-order valence-electron chi connectivity index (χ4n) is 2.35. The Kier molecular flexibility index (Phi) is 6.96. The summed E-state index contributed by atoms with van der Waals surface area (Å²) >= 11 is 0. The number of rotatable bonds is 9. The van der Waals surface area contributed by atoms with Crippen LogP contribution in [0.4, 0.5) is 0 Å². The number of nitrogens with zero attached hydrogens (tertiary/aromatic N) is 1. The van der Waals surface area contributed by atoms with Gasteiger partial charge in [-0.15, -0.1) is 0 Å². The molecule has 1 fully saturated rings. The topological polar surface area (TPSA) is 27.7 Å². The molecule has 0 aromatic rings. The lowest BCUT2D eigenvalue weighted by Crippen LogP contribution is -2.49. The van der Waals surface area contributed by atoms with E-state index in [0.29, 0.717) is 13.2 Å². The Bertz CT molecular complexity index is 170. The van der Waals surface area contributed by atoms with E-state index in [2.05, 4.69) is 0 Å². The Morgan fingerprint density at radius 2 is 1.44 bits per heavy atom. The fraction of sp³-hybridized carbons (Fsp3) is 1.00. The first kappa shape index (κ1) is 13.9. The predicted molar refractivity (Wildman–Crippen MR) is 63.5 cm³/mol. The molecule has 1 aliphatic heterocycles. The number of ether oxygens (including phenoxy) is 3. The molecule has 1 rings (SSSR count). The minimum Gasteiger partial charge on any atom is -0.382 e. The summed E-state index contributed by atoms with van der Waals surface area (Å²) in [7, 11) is 3.48. The van der Waals surface area contributed by atoms with Crippen molar-refractivity contribution >= 4 is 0 Å². The lowest BCUT2D eigenvalue weighted by Gasteiger charge is -2.33. The molecule has 1 aliphatic rings. The molecule has 96 valence electrons. The third-order valence-corrected chi connectivity index (χ3v) is 3.43. The zero-order chi connectivity index (χ0) is 11.7. The fourth-order valence-corrected chi connectivity index (χ4v) is 2.35. The van der Waals surface area contributed by atoms with E-state index in [1.54, 1.807) is 14.2 Å². The maximum atomic E-state index is 5.56. The van der Waals surface area contributed by atoms with Gasteiger partial charge < -0.3 is 18.7 Å². The molecule has 0 aromatic heterocycles. The van der Waals surface area contributed by atoms with Gasteiger partial charge in [0.05, 0.1) is 39.5 Å². The Hall–Kier alpha value is -0.160. The minimum atomic E-state index is 0.693. The average Bonchev–Trinajstić information content (AvgIpc) is 2.76. The largest absolute Gasteiger partial charge is 0.382 e. The summed E-state index contributed by atoms with van der Waals surface area (Å²) in [5, 5.41) is 0. The van der Waals surface area contributed by atoms with E-state index in [1.165, 1.54) is 30.4 Å². The number of likely N-dealkylation sites (tertiary alicyclic amines) is 1. The Morgan fingerprint density at radius 1 is 0.812 bits per heavy atom. The second-order valence-corrected chi connectivity index (χ2v) is 4.54. The Labute approximate surface area is 99.1 Å². The van der Waals surface area contributed by atoms with Crippen molar-refractivity contribution < 1.29 is 18.7 Å². The quantitative estimate of drug-likeness (QED) is 0.437.